The molecule has 0 spiro atoms. The molecular formula is C21H24N4O2S. The minimum absolute atomic E-state index is 0.286. The zero-order valence-electron chi connectivity index (χ0n) is 16.1. The number of aryl methyl sites for hydroxylation is 2. The Balaban J connectivity index is 1.58. The molecule has 1 unspecified atom stereocenters. The summed E-state index contributed by atoms with van der Waals surface area (Å²) in [5.74, 6) is 0. The first-order valence-electron chi connectivity index (χ1n) is 9.51. The molecule has 28 heavy (non-hydrogen) atoms. The highest BCUT2D eigenvalue weighted by Gasteiger charge is 2.27. The largest absolute Gasteiger partial charge is 0.243 e. The summed E-state index contributed by atoms with van der Waals surface area (Å²) >= 11 is 0. The Labute approximate surface area is 165 Å². The molecule has 0 saturated carbocycles. The normalized spacial score (nSPS) is 15.4. The third kappa shape index (κ3) is 3.47. The maximum atomic E-state index is 13.2. The number of rotatable bonds is 5. The summed E-state index contributed by atoms with van der Waals surface area (Å²) in [5, 5.41) is 4.11. The van der Waals surface area contributed by atoms with Gasteiger partial charge in [0.25, 0.3) is 0 Å². The summed E-state index contributed by atoms with van der Waals surface area (Å²) in [5.41, 5.74) is 4.26. The van der Waals surface area contributed by atoms with E-state index in [0.29, 0.717) is 4.90 Å². The highest BCUT2D eigenvalue weighted by atomic mass is 32.2. The number of hydrogen-bond donors (Lipinski definition) is 0. The van der Waals surface area contributed by atoms with Gasteiger partial charge in [-0.05, 0) is 73.6 Å². The number of aromatic nitrogens is 3. The minimum atomic E-state index is -3.57. The molecule has 0 saturated heterocycles. The van der Waals surface area contributed by atoms with Crippen LogP contribution in [0, 0.1) is 0 Å². The molecule has 0 N–H and O–H groups in total. The summed E-state index contributed by atoms with van der Waals surface area (Å²) in [6.45, 7) is 1.90. The lowest BCUT2D eigenvalue weighted by Crippen LogP contribution is -2.30. The van der Waals surface area contributed by atoms with Gasteiger partial charge in [-0.3, -0.25) is 0 Å². The first-order chi connectivity index (χ1) is 13.5. The van der Waals surface area contributed by atoms with Crippen LogP contribution in [-0.2, 0) is 22.9 Å². The maximum Gasteiger partial charge on any atom is 0.243 e. The van der Waals surface area contributed by atoms with Crippen molar-refractivity contribution in [1.82, 2.24) is 19.1 Å². The number of benzene rings is 2. The van der Waals surface area contributed by atoms with E-state index in [2.05, 4.69) is 10.1 Å². The van der Waals surface area contributed by atoms with Gasteiger partial charge >= 0.3 is 0 Å². The van der Waals surface area contributed by atoms with Crippen LogP contribution in [0.4, 0.5) is 0 Å². The van der Waals surface area contributed by atoms with Crippen molar-refractivity contribution in [2.24, 2.45) is 0 Å². The lowest BCUT2D eigenvalue weighted by Gasteiger charge is -2.26. The van der Waals surface area contributed by atoms with Gasteiger partial charge < -0.3 is 0 Å². The average molecular weight is 397 g/mol. The molecule has 1 aliphatic carbocycles. The van der Waals surface area contributed by atoms with Crippen molar-refractivity contribution in [1.29, 1.82) is 0 Å². The number of fused-ring (bicyclic) bond motifs is 1. The predicted octanol–water partition coefficient (Wildman–Crippen LogP) is 3.53. The molecule has 0 fully saturated rings. The van der Waals surface area contributed by atoms with Crippen molar-refractivity contribution >= 4 is 10.0 Å². The van der Waals surface area contributed by atoms with Gasteiger partial charge in [-0.15, -0.1) is 0 Å². The van der Waals surface area contributed by atoms with Gasteiger partial charge in [-0.25, -0.2) is 18.1 Å². The molecule has 0 radical (unpaired) electrons. The monoisotopic (exact) mass is 396 g/mol. The highest BCUT2D eigenvalue weighted by Crippen LogP contribution is 2.29. The summed E-state index contributed by atoms with van der Waals surface area (Å²) in [6, 6.07) is 13.0. The molecule has 0 aliphatic heterocycles. The first kappa shape index (κ1) is 18.8. The average Bonchev–Trinajstić information content (AvgIpc) is 3.27. The third-order valence-corrected chi connectivity index (χ3v) is 7.53. The maximum absolute atomic E-state index is 13.2. The summed E-state index contributed by atoms with van der Waals surface area (Å²) in [7, 11) is -1.92. The van der Waals surface area contributed by atoms with Crippen molar-refractivity contribution in [3.8, 4) is 5.69 Å². The lowest BCUT2D eigenvalue weighted by atomic mass is 9.92. The molecule has 1 atom stereocenters. The summed E-state index contributed by atoms with van der Waals surface area (Å²) < 4.78 is 29.5. The summed E-state index contributed by atoms with van der Waals surface area (Å²) in [6.07, 6.45) is 7.42. The van der Waals surface area contributed by atoms with Crippen molar-refractivity contribution in [3.63, 3.8) is 0 Å². The van der Waals surface area contributed by atoms with Gasteiger partial charge in [0.1, 0.15) is 12.7 Å². The number of nitrogens with zero attached hydrogens (tertiary/aromatic N) is 4. The van der Waals surface area contributed by atoms with Crippen LogP contribution >= 0.6 is 0 Å². The van der Waals surface area contributed by atoms with Gasteiger partial charge in [-0.1, -0.05) is 18.2 Å². The van der Waals surface area contributed by atoms with Crippen LogP contribution in [0.25, 0.3) is 5.69 Å². The van der Waals surface area contributed by atoms with Crippen LogP contribution in [0.2, 0.25) is 0 Å². The molecule has 1 heterocycles. The Morgan fingerprint density at radius 3 is 2.43 bits per heavy atom. The fraction of sp³-hybridized carbons (Fsp3) is 0.333. The van der Waals surface area contributed by atoms with Crippen LogP contribution in [0.5, 0.6) is 0 Å². The van der Waals surface area contributed by atoms with Crippen LogP contribution in [0.1, 0.15) is 42.5 Å². The predicted molar refractivity (Wildman–Crippen MR) is 108 cm³/mol. The van der Waals surface area contributed by atoms with Crippen molar-refractivity contribution in [2.75, 3.05) is 7.05 Å². The molecule has 7 heteroatoms. The zero-order chi connectivity index (χ0) is 19.7. The molecule has 146 valence electrons. The Morgan fingerprint density at radius 1 is 1.04 bits per heavy atom. The third-order valence-electron chi connectivity index (χ3n) is 5.60. The van der Waals surface area contributed by atoms with Gasteiger partial charge in [0.2, 0.25) is 10.0 Å². The highest BCUT2D eigenvalue weighted by molar-refractivity contribution is 7.89. The molecule has 2 aromatic carbocycles. The van der Waals surface area contributed by atoms with Crippen LogP contribution in [0.3, 0.4) is 0 Å². The van der Waals surface area contributed by atoms with Crippen molar-refractivity contribution in [3.05, 3.63) is 71.8 Å². The van der Waals surface area contributed by atoms with Crippen LogP contribution in [-0.4, -0.2) is 34.5 Å². The molecule has 3 aromatic rings. The number of hydrogen-bond acceptors (Lipinski definition) is 4. The topological polar surface area (TPSA) is 68.1 Å². The zero-order valence-corrected chi connectivity index (χ0v) is 16.9. The Morgan fingerprint density at radius 2 is 1.75 bits per heavy atom. The van der Waals surface area contributed by atoms with Crippen LogP contribution < -0.4 is 0 Å². The van der Waals surface area contributed by atoms with E-state index in [1.807, 2.05) is 43.3 Å². The minimum Gasteiger partial charge on any atom is -0.223 e. The van der Waals surface area contributed by atoms with Crippen molar-refractivity contribution in [2.45, 2.75) is 43.5 Å². The van der Waals surface area contributed by atoms with E-state index in [-0.39, 0.29) is 6.04 Å². The quantitative estimate of drug-likeness (QED) is 0.662. The standard InChI is InChI=1S/C21H24N4O2S/c1-16(17-7-10-20(11-8-17)25-15-22-14-23-25)24(2)28(26,27)21-12-9-18-5-3-4-6-19(18)13-21/h7-16H,3-6H2,1-2H3. The second kappa shape index (κ2) is 7.48. The first-order valence-corrected chi connectivity index (χ1v) is 11.0. The fourth-order valence-corrected chi connectivity index (χ4v) is 5.10. The molecule has 1 aliphatic rings. The molecule has 0 bridgehead atoms. The Bertz CT molecular complexity index is 1060. The van der Waals surface area contributed by atoms with E-state index in [0.717, 1.165) is 30.5 Å². The van der Waals surface area contributed by atoms with E-state index in [1.54, 1.807) is 24.1 Å². The molecule has 6 nitrogen and oxygen atoms in total. The second-order valence-electron chi connectivity index (χ2n) is 7.27. The molecule has 1 aromatic heterocycles. The fourth-order valence-electron chi connectivity index (χ4n) is 3.70. The Hall–Kier alpha value is -2.51. The molecule has 4 rings (SSSR count). The van der Waals surface area contributed by atoms with E-state index >= 15 is 0 Å². The molecule has 0 amide bonds. The van der Waals surface area contributed by atoms with E-state index in [1.165, 1.54) is 28.2 Å². The Kier molecular flexibility index (Phi) is 5.03. The van der Waals surface area contributed by atoms with E-state index in [4.69, 9.17) is 0 Å². The number of sulfonamides is 1. The lowest BCUT2D eigenvalue weighted by molar-refractivity contribution is 0.398. The molecular weight excluding hydrogens is 372 g/mol. The SMILES string of the molecule is CC(c1ccc(-n2cncn2)cc1)N(C)S(=O)(=O)c1ccc2c(c1)CCCC2. The van der Waals surface area contributed by atoms with Gasteiger partial charge in [0.15, 0.2) is 0 Å². The van der Waals surface area contributed by atoms with E-state index in [9.17, 15) is 8.42 Å². The van der Waals surface area contributed by atoms with Gasteiger partial charge in [0.05, 0.1) is 10.6 Å². The van der Waals surface area contributed by atoms with E-state index < -0.39 is 10.0 Å². The van der Waals surface area contributed by atoms with Crippen LogP contribution in [0.15, 0.2) is 60.0 Å². The van der Waals surface area contributed by atoms with Gasteiger partial charge in [0, 0.05) is 13.1 Å². The second-order valence-corrected chi connectivity index (χ2v) is 9.26. The van der Waals surface area contributed by atoms with Gasteiger partial charge in [-0.2, -0.15) is 9.40 Å². The summed E-state index contributed by atoms with van der Waals surface area (Å²) in [4.78, 5) is 4.32. The smallest absolute Gasteiger partial charge is 0.223 e. The van der Waals surface area contributed by atoms with Crippen molar-refractivity contribution < 1.29 is 8.42 Å².